The summed E-state index contributed by atoms with van der Waals surface area (Å²) in [5, 5.41) is 3.95. The monoisotopic (exact) mass is 263 g/mol. The fourth-order valence-electron chi connectivity index (χ4n) is 1.57. The van der Waals surface area contributed by atoms with E-state index in [0.717, 1.165) is 29.2 Å². The average molecular weight is 263 g/mol. The summed E-state index contributed by atoms with van der Waals surface area (Å²) >= 11 is 1.64. The fraction of sp³-hybridized carbons (Fsp3) is 0.385. The molecule has 0 fully saturated rings. The van der Waals surface area contributed by atoms with Crippen LogP contribution in [-0.4, -0.2) is 10.1 Å². The van der Waals surface area contributed by atoms with Crippen molar-refractivity contribution in [2.24, 2.45) is 0 Å². The lowest BCUT2D eigenvalue weighted by Gasteiger charge is -2.04. The van der Waals surface area contributed by atoms with Crippen LogP contribution in [0.4, 0.5) is 5.69 Å². The normalized spacial score (nSPS) is 10.8. The summed E-state index contributed by atoms with van der Waals surface area (Å²) in [7, 11) is 0. The number of hydrogen-bond acceptors (Lipinski definition) is 5. The third kappa shape index (κ3) is 3.26. The van der Waals surface area contributed by atoms with Crippen molar-refractivity contribution in [1.82, 2.24) is 10.1 Å². The van der Waals surface area contributed by atoms with Crippen LogP contribution in [0.15, 0.2) is 27.6 Å². The van der Waals surface area contributed by atoms with Gasteiger partial charge < -0.3 is 10.3 Å². The van der Waals surface area contributed by atoms with Crippen molar-refractivity contribution < 1.29 is 4.52 Å². The fourth-order valence-corrected chi connectivity index (χ4v) is 2.48. The SMILES string of the molecule is CCCc1nc(CSc2cc(C)ccc2N)no1. The van der Waals surface area contributed by atoms with Gasteiger partial charge in [-0.3, -0.25) is 0 Å². The first kappa shape index (κ1) is 13.0. The zero-order valence-corrected chi connectivity index (χ0v) is 11.5. The van der Waals surface area contributed by atoms with E-state index in [1.54, 1.807) is 11.8 Å². The summed E-state index contributed by atoms with van der Waals surface area (Å²) in [5.74, 6) is 2.12. The molecule has 1 aromatic heterocycles. The number of benzene rings is 1. The molecule has 0 saturated heterocycles. The molecule has 0 radical (unpaired) electrons. The molecule has 1 heterocycles. The van der Waals surface area contributed by atoms with Gasteiger partial charge in [0.1, 0.15) is 0 Å². The van der Waals surface area contributed by atoms with Gasteiger partial charge in [0, 0.05) is 17.0 Å². The molecule has 4 nitrogen and oxygen atoms in total. The second-order valence-electron chi connectivity index (χ2n) is 4.18. The van der Waals surface area contributed by atoms with Crippen molar-refractivity contribution in [3.63, 3.8) is 0 Å². The van der Waals surface area contributed by atoms with E-state index < -0.39 is 0 Å². The van der Waals surface area contributed by atoms with Gasteiger partial charge >= 0.3 is 0 Å². The molecule has 2 N–H and O–H groups in total. The van der Waals surface area contributed by atoms with E-state index in [0.29, 0.717) is 11.6 Å². The lowest BCUT2D eigenvalue weighted by Crippen LogP contribution is -1.91. The molecular formula is C13H17N3OS. The Bertz CT molecular complexity index is 525. The molecule has 2 aromatic rings. The highest BCUT2D eigenvalue weighted by atomic mass is 32.2. The topological polar surface area (TPSA) is 64.9 Å². The molecule has 0 spiro atoms. The van der Waals surface area contributed by atoms with Crippen molar-refractivity contribution in [1.29, 1.82) is 0 Å². The number of hydrogen-bond donors (Lipinski definition) is 1. The van der Waals surface area contributed by atoms with E-state index in [1.165, 1.54) is 5.56 Å². The molecule has 0 amide bonds. The Morgan fingerprint density at radius 1 is 1.39 bits per heavy atom. The van der Waals surface area contributed by atoms with Gasteiger partial charge in [0.25, 0.3) is 0 Å². The van der Waals surface area contributed by atoms with Gasteiger partial charge in [-0.2, -0.15) is 4.98 Å². The van der Waals surface area contributed by atoms with Crippen LogP contribution < -0.4 is 5.73 Å². The van der Waals surface area contributed by atoms with Crippen LogP contribution in [0.5, 0.6) is 0 Å². The Hall–Kier alpha value is -1.49. The standard InChI is InChI=1S/C13H17N3OS/c1-3-4-13-15-12(16-17-13)8-18-11-7-9(2)5-6-10(11)14/h5-7H,3-4,8,14H2,1-2H3. The van der Waals surface area contributed by atoms with Gasteiger partial charge in [0.15, 0.2) is 5.82 Å². The minimum absolute atomic E-state index is 0.681. The summed E-state index contributed by atoms with van der Waals surface area (Å²) in [6.07, 6.45) is 1.85. The minimum atomic E-state index is 0.681. The maximum absolute atomic E-state index is 5.92. The summed E-state index contributed by atoms with van der Waals surface area (Å²) in [4.78, 5) is 5.39. The van der Waals surface area contributed by atoms with E-state index in [-0.39, 0.29) is 0 Å². The van der Waals surface area contributed by atoms with Crippen molar-refractivity contribution in [3.8, 4) is 0 Å². The molecule has 0 aliphatic rings. The van der Waals surface area contributed by atoms with Crippen LogP contribution in [0.2, 0.25) is 0 Å². The molecule has 1 aromatic carbocycles. The number of nitrogens with two attached hydrogens (primary N) is 1. The Balaban J connectivity index is 1.99. The van der Waals surface area contributed by atoms with Crippen LogP contribution >= 0.6 is 11.8 Å². The van der Waals surface area contributed by atoms with E-state index in [4.69, 9.17) is 10.3 Å². The van der Waals surface area contributed by atoms with E-state index in [9.17, 15) is 0 Å². The molecule has 96 valence electrons. The number of rotatable bonds is 5. The summed E-state index contributed by atoms with van der Waals surface area (Å²) in [5.41, 5.74) is 7.92. The average Bonchev–Trinajstić information content (AvgIpc) is 2.79. The Labute approximate surface area is 111 Å². The van der Waals surface area contributed by atoms with Gasteiger partial charge in [-0.25, -0.2) is 0 Å². The third-order valence-electron chi connectivity index (χ3n) is 2.50. The first-order valence-corrected chi connectivity index (χ1v) is 6.98. The first-order chi connectivity index (χ1) is 8.69. The summed E-state index contributed by atoms with van der Waals surface area (Å²) in [6.45, 7) is 4.14. The highest BCUT2D eigenvalue weighted by Gasteiger charge is 2.07. The number of thioether (sulfide) groups is 1. The maximum atomic E-state index is 5.92. The summed E-state index contributed by atoms with van der Waals surface area (Å²) in [6, 6.07) is 6.01. The van der Waals surface area contributed by atoms with Crippen LogP contribution in [0.25, 0.3) is 0 Å². The van der Waals surface area contributed by atoms with Crippen LogP contribution in [0.3, 0.4) is 0 Å². The third-order valence-corrected chi connectivity index (χ3v) is 3.57. The maximum Gasteiger partial charge on any atom is 0.226 e. The molecule has 0 unspecified atom stereocenters. The highest BCUT2D eigenvalue weighted by Crippen LogP contribution is 2.28. The van der Waals surface area contributed by atoms with Crippen LogP contribution in [-0.2, 0) is 12.2 Å². The molecule has 0 saturated carbocycles. The number of anilines is 1. The number of aromatic nitrogens is 2. The van der Waals surface area contributed by atoms with Gasteiger partial charge in [-0.15, -0.1) is 11.8 Å². The smallest absolute Gasteiger partial charge is 0.226 e. The van der Waals surface area contributed by atoms with Crippen molar-refractivity contribution in [3.05, 3.63) is 35.5 Å². The molecular weight excluding hydrogens is 246 g/mol. The lowest BCUT2D eigenvalue weighted by molar-refractivity contribution is 0.373. The molecule has 18 heavy (non-hydrogen) atoms. The predicted octanol–water partition coefficient (Wildman–Crippen LogP) is 3.21. The van der Waals surface area contributed by atoms with Crippen LogP contribution in [0.1, 0.15) is 30.6 Å². The summed E-state index contributed by atoms with van der Waals surface area (Å²) < 4.78 is 5.14. The number of nitrogen functional groups attached to an aromatic ring is 1. The zero-order valence-electron chi connectivity index (χ0n) is 10.6. The molecule has 0 bridgehead atoms. The largest absolute Gasteiger partial charge is 0.398 e. The molecule has 0 aliphatic heterocycles. The lowest BCUT2D eigenvalue weighted by atomic mass is 10.2. The van der Waals surface area contributed by atoms with Gasteiger partial charge in [0.05, 0.1) is 5.75 Å². The Kier molecular flexibility index (Phi) is 4.25. The predicted molar refractivity (Wildman–Crippen MR) is 73.4 cm³/mol. The van der Waals surface area contributed by atoms with Gasteiger partial charge in [-0.1, -0.05) is 18.1 Å². The van der Waals surface area contributed by atoms with Crippen molar-refractivity contribution >= 4 is 17.4 Å². The minimum Gasteiger partial charge on any atom is -0.398 e. The second kappa shape index (κ2) is 5.91. The van der Waals surface area contributed by atoms with Crippen LogP contribution in [0, 0.1) is 6.92 Å². The molecule has 2 rings (SSSR count). The first-order valence-electron chi connectivity index (χ1n) is 5.99. The quantitative estimate of drug-likeness (QED) is 0.663. The van der Waals surface area contributed by atoms with Gasteiger partial charge in [0.2, 0.25) is 5.89 Å². The Morgan fingerprint density at radius 3 is 3.00 bits per heavy atom. The number of nitrogens with zero attached hydrogens (tertiary/aromatic N) is 2. The molecule has 0 atom stereocenters. The second-order valence-corrected chi connectivity index (χ2v) is 5.20. The zero-order chi connectivity index (χ0) is 13.0. The molecule has 0 aliphatic carbocycles. The van der Waals surface area contributed by atoms with E-state index in [1.807, 2.05) is 12.1 Å². The van der Waals surface area contributed by atoms with E-state index >= 15 is 0 Å². The van der Waals surface area contributed by atoms with Crippen molar-refractivity contribution in [2.45, 2.75) is 37.3 Å². The Morgan fingerprint density at radius 2 is 2.22 bits per heavy atom. The van der Waals surface area contributed by atoms with E-state index in [2.05, 4.69) is 30.1 Å². The van der Waals surface area contributed by atoms with Gasteiger partial charge in [-0.05, 0) is 31.0 Å². The van der Waals surface area contributed by atoms with Crippen molar-refractivity contribution in [2.75, 3.05) is 5.73 Å². The number of aryl methyl sites for hydroxylation is 2. The highest BCUT2D eigenvalue weighted by molar-refractivity contribution is 7.98. The molecule has 5 heteroatoms.